The van der Waals surface area contributed by atoms with E-state index in [4.69, 9.17) is 14.2 Å². The number of aliphatic hydroxyl groups is 1. The summed E-state index contributed by atoms with van der Waals surface area (Å²) >= 11 is 0. The Labute approximate surface area is 205 Å². The monoisotopic (exact) mass is 483 g/mol. The predicted octanol–water partition coefficient (Wildman–Crippen LogP) is 2.54. The number of fused-ring (bicyclic) bond motifs is 1. The normalized spacial score (nSPS) is 24.5. The summed E-state index contributed by atoms with van der Waals surface area (Å²) in [6.45, 7) is 0.880. The molecule has 2 aliphatic heterocycles. The Bertz CT molecular complexity index is 988. The highest BCUT2D eigenvalue weighted by Gasteiger charge is 2.40. The fraction of sp³-hybridized carbons (Fsp3) is 0.462. The van der Waals surface area contributed by atoms with Crippen molar-refractivity contribution in [3.8, 4) is 5.75 Å². The van der Waals surface area contributed by atoms with Crippen LogP contribution in [0.1, 0.15) is 24.8 Å². The molecule has 188 valence electrons. The molecule has 0 bridgehead atoms. The zero-order valence-electron chi connectivity index (χ0n) is 19.9. The third-order valence-corrected chi connectivity index (χ3v) is 6.35. The number of ether oxygens (including phenoxy) is 3. The molecule has 35 heavy (non-hydrogen) atoms. The number of hydrogen-bond donors (Lipinski definition) is 3. The van der Waals surface area contributed by atoms with Gasteiger partial charge < -0.3 is 34.9 Å². The number of amides is 3. The number of carbonyl (C=O) groups excluding carboxylic acids is 2. The Kier molecular flexibility index (Phi) is 8.57. The van der Waals surface area contributed by atoms with Crippen LogP contribution in [-0.4, -0.2) is 73.2 Å². The number of para-hydroxylation sites is 2. The summed E-state index contributed by atoms with van der Waals surface area (Å²) in [4.78, 5) is 27.4. The van der Waals surface area contributed by atoms with Crippen LogP contribution in [0.15, 0.2) is 54.6 Å². The molecule has 2 aromatic rings. The summed E-state index contributed by atoms with van der Waals surface area (Å²) in [6.07, 6.45) is 0.0423. The fourth-order valence-corrected chi connectivity index (χ4v) is 4.61. The van der Waals surface area contributed by atoms with Crippen LogP contribution in [0.4, 0.5) is 10.5 Å². The van der Waals surface area contributed by atoms with Gasteiger partial charge in [0.25, 0.3) is 0 Å². The van der Waals surface area contributed by atoms with E-state index in [9.17, 15) is 14.7 Å². The highest BCUT2D eigenvalue weighted by molar-refractivity contribution is 5.89. The Morgan fingerprint density at radius 1 is 1.09 bits per heavy atom. The van der Waals surface area contributed by atoms with E-state index in [1.807, 2.05) is 54.6 Å². The SMILES string of the molecule is COc1ccccc1CNC(=O)C[C@@H]1CC[C@@H]2[C@H](COC[C@H](O)CN2C(=O)Nc2ccccc2)O1. The number of nitrogens with one attached hydrogen (secondary N) is 2. The van der Waals surface area contributed by atoms with Crippen molar-refractivity contribution in [3.05, 3.63) is 60.2 Å². The summed E-state index contributed by atoms with van der Waals surface area (Å²) in [5.74, 6) is 0.618. The van der Waals surface area contributed by atoms with Gasteiger partial charge in [-0.2, -0.15) is 0 Å². The lowest BCUT2D eigenvalue weighted by Gasteiger charge is -2.44. The van der Waals surface area contributed by atoms with Crippen LogP contribution in [0.2, 0.25) is 0 Å². The van der Waals surface area contributed by atoms with Gasteiger partial charge in [0.05, 0.1) is 51.5 Å². The zero-order chi connectivity index (χ0) is 24.6. The number of methoxy groups -OCH3 is 1. The van der Waals surface area contributed by atoms with Crippen molar-refractivity contribution in [3.63, 3.8) is 0 Å². The van der Waals surface area contributed by atoms with Crippen LogP contribution < -0.4 is 15.4 Å². The molecule has 0 spiro atoms. The van der Waals surface area contributed by atoms with Crippen molar-refractivity contribution in [2.75, 3.05) is 32.2 Å². The van der Waals surface area contributed by atoms with Crippen molar-refractivity contribution < 1.29 is 28.9 Å². The quantitative estimate of drug-likeness (QED) is 0.583. The van der Waals surface area contributed by atoms with Crippen LogP contribution in [0.25, 0.3) is 0 Å². The second-order valence-electron chi connectivity index (χ2n) is 8.87. The number of carbonyl (C=O) groups is 2. The van der Waals surface area contributed by atoms with Crippen LogP contribution in [0.5, 0.6) is 5.75 Å². The molecule has 9 nitrogen and oxygen atoms in total. The molecule has 9 heteroatoms. The van der Waals surface area contributed by atoms with Crippen molar-refractivity contribution >= 4 is 17.6 Å². The molecule has 0 unspecified atom stereocenters. The van der Waals surface area contributed by atoms with Crippen LogP contribution in [0.3, 0.4) is 0 Å². The van der Waals surface area contributed by atoms with E-state index in [0.717, 1.165) is 11.3 Å². The molecular weight excluding hydrogens is 450 g/mol. The van der Waals surface area contributed by atoms with Gasteiger partial charge in [-0.1, -0.05) is 36.4 Å². The van der Waals surface area contributed by atoms with E-state index >= 15 is 0 Å². The van der Waals surface area contributed by atoms with Crippen LogP contribution in [0, 0.1) is 0 Å². The van der Waals surface area contributed by atoms with E-state index in [-0.39, 0.29) is 56.4 Å². The van der Waals surface area contributed by atoms with E-state index in [1.54, 1.807) is 12.0 Å². The molecule has 0 aromatic heterocycles. The molecule has 3 amide bonds. The molecule has 0 radical (unpaired) electrons. The lowest BCUT2D eigenvalue weighted by Crippen LogP contribution is -2.58. The molecule has 2 aromatic carbocycles. The lowest BCUT2D eigenvalue weighted by atomic mass is 9.95. The molecule has 0 aliphatic carbocycles. The number of urea groups is 1. The largest absolute Gasteiger partial charge is 0.496 e. The standard InChI is InChI=1S/C26H33N3O6/c1-33-23-10-6-5-7-18(23)14-27-25(31)13-21-11-12-22-24(35-21)17-34-16-20(30)15-29(22)26(32)28-19-8-3-2-4-9-19/h2-10,20-22,24,30H,11-17H2,1H3,(H,27,31)(H,28,32)/t20-,21+,22-,24+/m1/s1. The first-order valence-electron chi connectivity index (χ1n) is 12.0. The van der Waals surface area contributed by atoms with E-state index in [1.165, 1.54) is 0 Å². The van der Waals surface area contributed by atoms with Crippen LogP contribution >= 0.6 is 0 Å². The van der Waals surface area contributed by atoms with Gasteiger partial charge in [0.15, 0.2) is 0 Å². The number of nitrogens with zero attached hydrogens (tertiary/aromatic N) is 1. The topological polar surface area (TPSA) is 109 Å². The zero-order valence-corrected chi connectivity index (χ0v) is 19.9. The molecule has 0 saturated carbocycles. The minimum atomic E-state index is -0.782. The first-order chi connectivity index (χ1) is 17.0. The average molecular weight is 484 g/mol. The summed E-state index contributed by atoms with van der Waals surface area (Å²) in [7, 11) is 1.60. The maximum absolute atomic E-state index is 13.1. The minimum Gasteiger partial charge on any atom is -0.496 e. The van der Waals surface area contributed by atoms with Crippen molar-refractivity contribution in [2.24, 2.45) is 0 Å². The molecule has 2 fully saturated rings. The molecular formula is C26H33N3O6. The Morgan fingerprint density at radius 3 is 2.66 bits per heavy atom. The Morgan fingerprint density at radius 2 is 1.86 bits per heavy atom. The van der Waals surface area contributed by atoms with E-state index in [0.29, 0.717) is 25.1 Å². The van der Waals surface area contributed by atoms with E-state index < -0.39 is 6.10 Å². The van der Waals surface area contributed by atoms with Gasteiger partial charge in [0.1, 0.15) is 11.9 Å². The average Bonchev–Trinajstić information content (AvgIpc) is 2.86. The number of benzene rings is 2. The maximum Gasteiger partial charge on any atom is 0.322 e. The van der Waals surface area contributed by atoms with Crippen molar-refractivity contribution in [1.82, 2.24) is 10.2 Å². The third-order valence-electron chi connectivity index (χ3n) is 6.35. The summed E-state index contributed by atoms with van der Waals surface area (Å²) in [5, 5.41) is 16.1. The Balaban J connectivity index is 1.35. The highest BCUT2D eigenvalue weighted by atomic mass is 16.5. The summed E-state index contributed by atoms with van der Waals surface area (Å²) in [5.41, 5.74) is 1.59. The molecule has 2 saturated heterocycles. The molecule has 2 heterocycles. The lowest BCUT2D eigenvalue weighted by molar-refractivity contribution is -0.149. The second-order valence-corrected chi connectivity index (χ2v) is 8.87. The third kappa shape index (κ3) is 6.72. The number of aliphatic hydroxyl groups excluding tert-OH is 1. The molecule has 2 aliphatic rings. The van der Waals surface area contributed by atoms with Gasteiger partial charge in [-0.3, -0.25) is 4.79 Å². The van der Waals surface area contributed by atoms with Gasteiger partial charge in [-0.25, -0.2) is 4.79 Å². The van der Waals surface area contributed by atoms with Gasteiger partial charge in [-0.05, 0) is 31.0 Å². The summed E-state index contributed by atoms with van der Waals surface area (Å²) in [6, 6.07) is 16.2. The van der Waals surface area contributed by atoms with Crippen molar-refractivity contribution in [1.29, 1.82) is 0 Å². The number of β-amino-alcohol motifs (C(OH)–C–C–N with tert-alkyl or cyclic N) is 1. The Hall–Kier alpha value is -3.14. The predicted molar refractivity (Wildman–Crippen MR) is 130 cm³/mol. The number of hydrogen-bond acceptors (Lipinski definition) is 6. The fourth-order valence-electron chi connectivity index (χ4n) is 4.61. The minimum absolute atomic E-state index is 0.111. The second kappa shape index (κ2) is 12.0. The van der Waals surface area contributed by atoms with Gasteiger partial charge in [0.2, 0.25) is 5.91 Å². The first-order valence-corrected chi connectivity index (χ1v) is 12.0. The van der Waals surface area contributed by atoms with E-state index in [2.05, 4.69) is 10.6 Å². The maximum atomic E-state index is 13.1. The van der Waals surface area contributed by atoms with Crippen LogP contribution in [-0.2, 0) is 20.8 Å². The van der Waals surface area contributed by atoms with Gasteiger partial charge >= 0.3 is 6.03 Å². The van der Waals surface area contributed by atoms with Gasteiger partial charge in [0, 0.05) is 17.8 Å². The molecule has 4 atom stereocenters. The smallest absolute Gasteiger partial charge is 0.322 e. The summed E-state index contributed by atoms with van der Waals surface area (Å²) < 4.78 is 17.2. The molecule has 3 N–H and O–H groups in total. The molecule has 4 rings (SSSR count). The van der Waals surface area contributed by atoms with Crippen molar-refractivity contribution in [2.45, 2.75) is 50.2 Å². The number of anilines is 1. The highest BCUT2D eigenvalue weighted by Crippen LogP contribution is 2.28. The number of rotatable bonds is 6. The van der Waals surface area contributed by atoms with Gasteiger partial charge in [-0.15, -0.1) is 0 Å². The first kappa shape index (κ1) is 25.0.